The molecular formula is C32H34N6O2. The molecule has 5 rings (SSSR count). The number of carboxylic acid groups (broad SMARTS) is 1. The van der Waals surface area contributed by atoms with Crippen molar-refractivity contribution < 1.29 is 9.90 Å². The molecule has 3 heterocycles. The Bertz CT molecular complexity index is 1610. The predicted octanol–water partition coefficient (Wildman–Crippen LogP) is 6.52. The number of pyridine rings is 1. The van der Waals surface area contributed by atoms with Crippen molar-refractivity contribution in [2.75, 3.05) is 11.9 Å². The van der Waals surface area contributed by atoms with Gasteiger partial charge in [-0.2, -0.15) is 5.26 Å². The number of nitriles is 1. The number of aromatic nitrogens is 2. The fourth-order valence-electron chi connectivity index (χ4n) is 5.51. The lowest BCUT2D eigenvalue weighted by Crippen LogP contribution is -2.71. The molecule has 1 amide bonds. The summed E-state index contributed by atoms with van der Waals surface area (Å²) >= 11 is 0. The molecule has 2 unspecified atom stereocenters. The Kier molecular flexibility index (Phi) is 7.33. The number of amides is 1. The van der Waals surface area contributed by atoms with E-state index in [2.05, 4.69) is 78.6 Å². The summed E-state index contributed by atoms with van der Waals surface area (Å²) < 4.78 is 0. The molecule has 40 heavy (non-hydrogen) atoms. The SMILES string of the molecule is Cc1c(Nc2c(C#N)cncc2C=Cc2ccc(CNC3CN(C(=O)O)C3C(C)(C)C)cc2)ccc2[nH]ccc12. The first-order chi connectivity index (χ1) is 19.2. The molecule has 1 fully saturated rings. The third-order valence-corrected chi connectivity index (χ3v) is 7.61. The van der Waals surface area contributed by atoms with Crippen molar-refractivity contribution >= 4 is 40.5 Å². The van der Waals surface area contributed by atoms with E-state index in [4.69, 9.17) is 0 Å². The molecule has 4 aromatic rings. The van der Waals surface area contributed by atoms with Gasteiger partial charge in [0, 0.05) is 59.9 Å². The van der Waals surface area contributed by atoms with Gasteiger partial charge < -0.3 is 25.6 Å². The number of rotatable bonds is 7. The smallest absolute Gasteiger partial charge is 0.407 e. The summed E-state index contributed by atoms with van der Waals surface area (Å²) in [5.41, 5.74) is 7.14. The van der Waals surface area contributed by atoms with Crippen molar-refractivity contribution in [1.29, 1.82) is 5.26 Å². The number of carbonyl (C=O) groups is 1. The van der Waals surface area contributed by atoms with E-state index in [9.17, 15) is 15.2 Å². The Morgan fingerprint density at radius 2 is 1.95 bits per heavy atom. The quantitative estimate of drug-likeness (QED) is 0.214. The van der Waals surface area contributed by atoms with Crippen LogP contribution in [0.1, 0.15) is 48.6 Å². The van der Waals surface area contributed by atoms with Crippen molar-refractivity contribution in [1.82, 2.24) is 20.2 Å². The van der Waals surface area contributed by atoms with Gasteiger partial charge in [0.05, 0.1) is 17.3 Å². The predicted molar refractivity (Wildman–Crippen MR) is 159 cm³/mol. The Balaban J connectivity index is 1.28. The minimum atomic E-state index is -0.861. The summed E-state index contributed by atoms with van der Waals surface area (Å²) in [6.45, 7) is 9.46. The summed E-state index contributed by atoms with van der Waals surface area (Å²) in [6.07, 6.45) is 8.37. The molecule has 0 radical (unpaired) electrons. The molecule has 0 aliphatic carbocycles. The highest BCUT2D eigenvalue weighted by molar-refractivity contribution is 5.90. The fraction of sp³-hybridized carbons (Fsp3) is 0.281. The van der Waals surface area contributed by atoms with E-state index in [1.165, 1.54) is 4.90 Å². The summed E-state index contributed by atoms with van der Waals surface area (Å²) in [5, 5.41) is 27.4. The number of hydrogen-bond acceptors (Lipinski definition) is 5. The Labute approximate surface area is 234 Å². The summed E-state index contributed by atoms with van der Waals surface area (Å²) in [7, 11) is 0. The van der Waals surface area contributed by atoms with Gasteiger partial charge >= 0.3 is 6.09 Å². The highest BCUT2D eigenvalue weighted by atomic mass is 16.4. The maximum absolute atomic E-state index is 11.5. The lowest BCUT2D eigenvalue weighted by atomic mass is 9.76. The zero-order valence-electron chi connectivity index (χ0n) is 23.2. The van der Waals surface area contributed by atoms with Crippen LogP contribution < -0.4 is 10.6 Å². The van der Waals surface area contributed by atoms with Gasteiger partial charge in [0.2, 0.25) is 0 Å². The van der Waals surface area contributed by atoms with E-state index < -0.39 is 6.09 Å². The van der Waals surface area contributed by atoms with Crippen molar-refractivity contribution in [3.8, 4) is 6.07 Å². The molecule has 1 saturated heterocycles. The van der Waals surface area contributed by atoms with Gasteiger partial charge in [-0.25, -0.2) is 4.79 Å². The van der Waals surface area contributed by atoms with Crippen molar-refractivity contribution in [3.05, 3.63) is 88.9 Å². The third-order valence-electron chi connectivity index (χ3n) is 7.61. The number of nitrogens with one attached hydrogen (secondary N) is 3. The van der Waals surface area contributed by atoms with Crippen molar-refractivity contribution in [2.24, 2.45) is 5.41 Å². The first-order valence-electron chi connectivity index (χ1n) is 13.4. The van der Waals surface area contributed by atoms with Crippen molar-refractivity contribution in [3.63, 3.8) is 0 Å². The van der Waals surface area contributed by atoms with Gasteiger partial charge in [-0.15, -0.1) is 0 Å². The highest BCUT2D eigenvalue weighted by Crippen LogP contribution is 2.34. The van der Waals surface area contributed by atoms with E-state index in [0.717, 1.165) is 44.5 Å². The molecule has 4 N–H and O–H groups in total. The standard InChI is InChI=1S/C32H34N6O2/c1-20-25-13-14-35-27(25)12-11-26(20)37-29-23(17-34-18-24(29)15-33)10-9-21-5-7-22(8-6-21)16-36-28-19-38(31(39)40)30(28)32(2,3)4/h5-14,17-18,28,30,35-36H,16,19H2,1-4H3,(H,34,37)(H,39,40). The van der Waals surface area contributed by atoms with Crippen LogP contribution in [-0.4, -0.2) is 44.7 Å². The molecule has 8 heteroatoms. The molecule has 8 nitrogen and oxygen atoms in total. The highest BCUT2D eigenvalue weighted by Gasteiger charge is 2.48. The molecule has 0 bridgehead atoms. The van der Waals surface area contributed by atoms with Gasteiger partial charge in [0.25, 0.3) is 0 Å². The number of likely N-dealkylation sites (tertiary alicyclic amines) is 1. The first kappa shape index (κ1) is 27.0. The van der Waals surface area contributed by atoms with Gasteiger partial charge in [-0.3, -0.25) is 4.98 Å². The maximum atomic E-state index is 11.5. The van der Waals surface area contributed by atoms with E-state index in [1.54, 1.807) is 12.4 Å². The van der Waals surface area contributed by atoms with Gasteiger partial charge in [-0.05, 0) is 47.2 Å². The lowest BCUT2D eigenvalue weighted by Gasteiger charge is -2.53. The zero-order valence-corrected chi connectivity index (χ0v) is 23.2. The van der Waals surface area contributed by atoms with Crippen LogP contribution >= 0.6 is 0 Å². The number of nitrogens with zero attached hydrogens (tertiary/aromatic N) is 3. The molecule has 1 aliphatic heterocycles. The van der Waals surface area contributed by atoms with Crippen LogP contribution in [0.15, 0.2) is 61.1 Å². The maximum Gasteiger partial charge on any atom is 0.407 e. The number of hydrogen-bond donors (Lipinski definition) is 4. The average molecular weight is 535 g/mol. The zero-order chi connectivity index (χ0) is 28.4. The Morgan fingerprint density at radius 3 is 2.65 bits per heavy atom. The third kappa shape index (κ3) is 5.42. The summed E-state index contributed by atoms with van der Waals surface area (Å²) in [5.74, 6) is 0. The Morgan fingerprint density at radius 1 is 1.18 bits per heavy atom. The van der Waals surface area contributed by atoms with E-state index >= 15 is 0 Å². The van der Waals surface area contributed by atoms with Crippen LogP contribution in [0.4, 0.5) is 16.2 Å². The molecule has 0 saturated carbocycles. The molecule has 2 aromatic heterocycles. The van der Waals surface area contributed by atoms with E-state index in [0.29, 0.717) is 18.7 Å². The Hall–Kier alpha value is -4.61. The van der Waals surface area contributed by atoms with Crippen LogP contribution in [0, 0.1) is 23.7 Å². The molecular weight excluding hydrogens is 500 g/mol. The second-order valence-corrected chi connectivity index (χ2v) is 11.4. The normalized spacial score (nSPS) is 17.1. The number of H-pyrrole nitrogens is 1. The van der Waals surface area contributed by atoms with Crippen LogP contribution in [-0.2, 0) is 6.54 Å². The second kappa shape index (κ2) is 10.9. The first-order valence-corrected chi connectivity index (χ1v) is 13.4. The number of anilines is 2. The fourth-order valence-corrected chi connectivity index (χ4v) is 5.51. The van der Waals surface area contributed by atoms with Crippen LogP contribution in [0.25, 0.3) is 23.1 Å². The largest absolute Gasteiger partial charge is 0.465 e. The second-order valence-electron chi connectivity index (χ2n) is 11.4. The number of benzene rings is 2. The van der Waals surface area contributed by atoms with Gasteiger partial charge in [0.1, 0.15) is 6.07 Å². The summed E-state index contributed by atoms with van der Waals surface area (Å²) in [4.78, 5) is 20.6. The molecule has 1 aliphatic rings. The number of aryl methyl sites for hydroxylation is 1. The number of aromatic amines is 1. The minimum Gasteiger partial charge on any atom is -0.465 e. The van der Waals surface area contributed by atoms with E-state index in [1.807, 2.05) is 36.5 Å². The minimum absolute atomic E-state index is 0.0541. The van der Waals surface area contributed by atoms with Crippen molar-refractivity contribution in [2.45, 2.75) is 46.3 Å². The molecule has 2 atom stereocenters. The monoisotopic (exact) mass is 534 g/mol. The molecule has 0 spiro atoms. The summed E-state index contributed by atoms with van der Waals surface area (Å²) in [6, 6.07) is 16.7. The van der Waals surface area contributed by atoms with E-state index in [-0.39, 0.29) is 17.5 Å². The van der Waals surface area contributed by atoms with Gasteiger partial charge in [-0.1, -0.05) is 57.2 Å². The van der Waals surface area contributed by atoms with Crippen LogP contribution in [0.5, 0.6) is 0 Å². The van der Waals surface area contributed by atoms with Crippen LogP contribution in [0.2, 0.25) is 0 Å². The van der Waals surface area contributed by atoms with Crippen LogP contribution in [0.3, 0.4) is 0 Å². The molecule has 204 valence electrons. The topological polar surface area (TPSA) is 117 Å². The molecule has 2 aromatic carbocycles. The lowest BCUT2D eigenvalue weighted by molar-refractivity contribution is -0.0128. The van der Waals surface area contributed by atoms with Gasteiger partial charge in [0.15, 0.2) is 0 Å². The average Bonchev–Trinajstić information content (AvgIpc) is 3.38. The number of fused-ring (bicyclic) bond motifs is 1.